The Bertz CT molecular complexity index is 772. The summed E-state index contributed by atoms with van der Waals surface area (Å²) in [4.78, 5) is 28.2. The van der Waals surface area contributed by atoms with Gasteiger partial charge in [-0.1, -0.05) is 27.7 Å². The minimum absolute atomic E-state index is 0.0322. The fourth-order valence-electron chi connectivity index (χ4n) is 5.61. The molecular weight excluding hydrogens is 490 g/mol. The van der Waals surface area contributed by atoms with E-state index in [1.54, 1.807) is 20.8 Å². The summed E-state index contributed by atoms with van der Waals surface area (Å²) in [5.74, 6) is -2.28. The Morgan fingerprint density at radius 1 is 1.03 bits per heavy atom. The first kappa shape index (κ1) is 34.7. The maximum atomic E-state index is 13.1. The van der Waals surface area contributed by atoms with Crippen LogP contribution in [0.25, 0.3) is 0 Å². The number of ether oxygens (including phenoxy) is 3. The number of hydrogen-bond donors (Lipinski definition) is 3. The lowest BCUT2D eigenvalue weighted by Gasteiger charge is -2.42. The summed E-state index contributed by atoms with van der Waals surface area (Å²) < 4.78 is 18.3. The van der Waals surface area contributed by atoms with Gasteiger partial charge in [-0.25, -0.2) is 0 Å². The molecule has 38 heavy (non-hydrogen) atoms. The SMILES string of the molecule is CCC1OC(=O)C(C)C(O)C(C)[C@@H](OC2CC(N(C)C)CC(C)O2)C(C)C[C@@H](C)C(=O)/C(C)=C/C1O.CO. The summed E-state index contributed by atoms with van der Waals surface area (Å²) in [5.41, 5.74) is 0.450. The molecule has 9 nitrogen and oxygen atoms in total. The van der Waals surface area contributed by atoms with Crippen LogP contribution in [0, 0.1) is 23.7 Å². The van der Waals surface area contributed by atoms with E-state index in [1.807, 2.05) is 41.8 Å². The fourth-order valence-corrected chi connectivity index (χ4v) is 5.61. The number of allylic oxidation sites excluding steroid dienone is 1. The van der Waals surface area contributed by atoms with E-state index < -0.39 is 48.5 Å². The maximum Gasteiger partial charge on any atom is 0.311 e. The smallest absolute Gasteiger partial charge is 0.311 e. The third kappa shape index (κ3) is 9.38. The Morgan fingerprint density at radius 3 is 2.18 bits per heavy atom. The molecule has 0 bridgehead atoms. The highest BCUT2D eigenvalue weighted by atomic mass is 16.7. The fraction of sp³-hybridized carbons (Fsp3) is 0.862. The molecule has 2 aliphatic heterocycles. The number of carbonyl (C=O) groups excluding carboxylic acids is 2. The van der Waals surface area contributed by atoms with Gasteiger partial charge in [0.05, 0.1) is 24.2 Å². The summed E-state index contributed by atoms with van der Waals surface area (Å²) in [6, 6.07) is 0.312. The number of carbonyl (C=O) groups is 2. The van der Waals surface area contributed by atoms with Crippen LogP contribution in [0.15, 0.2) is 11.6 Å². The van der Waals surface area contributed by atoms with Gasteiger partial charge in [0.15, 0.2) is 12.1 Å². The number of nitrogens with zero attached hydrogens (tertiary/aromatic N) is 1. The first-order valence-corrected chi connectivity index (χ1v) is 14.0. The van der Waals surface area contributed by atoms with E-state index in [0.717, 1.165) is 13.5 Å². The number of aliphatic hydroxyl groups is 3. The predicted molar refractivity (Wildman–Crippen MR) is 146 cm³/mol. The highest BCUT2D eigenvalue weighted by Gasteiger charge is 2.40. The average Bonchev–Trinajstić information content (AvgIpc) is 2.88. The zero-order chi connectivity index (χ0) is 29.3. The quantitative estimate of drug-likeness (QED) is 0.459. The van der Waals surface area contributed by atoms with Crippen molar-refractivity contribution in [3.8, 4) is 0 Å². The maximum absolute atomic E-state index is 13.1. The van der Waals surface area contributed by atoms with Gasteiger partial charge in [-0.05, 0) is 71.7 Å². The normalized spacial score (nSPS) is 41.3. The van der Waals surface area contributed by atoms with Crippen LogP contribution in [0.5, 0.6) is 0 Å². The van der Waals surface area contributed by atoms with Crippen LogP contribution >= 0.6 is 0 Å². The van der Waals surface area contributed by atoms with Crippen LogP contribution in [0.3, 0.4) is 0 Å². The molecule has 2 rings (SSSR count). The molecule has 11 atom stereocenters. The van der Waals surface area contributed by atoms with Crippen molar-refractivity contribution in [2.75, 3.05) is 21.2 Å². The molecule has 1 fully saturated rings. The monoisotopic (exact) mass is 543 g/mol. The Hall–Kier alpha value is -1.36. The number of ketones is 1. The zero-order valence-corrected chi connectivity index (χ0v) is 25.1. The van der Waals surface area contributed by atoms with E-state index in [4.69, 9.17) is 19.3 Å². The summed E-state index contributed by atoms with van der Waals surface area (Å²) in [7, 11) is 5.10. The van der Waals surface area contributed by atoms with E-state index in [-0.39, 0.29) is 23.7 Å². The summed E-state index contributed by atoms with van der Waals surface area (Å²) >= 11 is 0. The van der Waals surface area contributed by atoms with Crippen molar-refractivity contribution in [3.63, 3.8) is 0 Å². The Morgan fingerprint density at radius 2 is 1.63 bits per heavy atom. The molecule has 0 amide bonds. The molecule has 9 heteroatoms. The van der Waals surface area contributed by atoms with Crippen LogP contribution in [-0.4, -0.2) is 96.0 Å². The molecule has 0 spiro atoms. The number of rotatable bonds is 4. The van der Waals surface area contributed by atoms with Crippen LogP contribution in [0.1, 0.15) is 74.1 Å². The largest absolute Gasteiger partial charge is 0.459 e. The molecule has 0 aromatic carbocycles. The molecular formula is C29H53NO8. The Labute approximate surface area is 229 Å². The van der Waals surface area contributed by atoms with E-state index in [1.165, 1.54) is 6.08 Å². The lowest BCUT2D eigenvalue weighted by Crippen LogP contribution is -2.48. The second kappa shape index (κ2) is 16.0. The van der Waals surface area contributed by atoms with Crippen molar-refractivity contribution in [2.45, 2.75) is 117 Å². The number of esters is 1. The van der Waals surface area contributed by atoms with Gasteiger partial charge in [0.2, 0.25) is 0 Å². The van der Waals surface area contributed by atoms with Crippen molar-refractivity contribution in [1.82, 2.24) is 4.90 Å². The Balaban J connectivity index is 0.00000352. The summed E-state index contributed by atoms with van der Waals surface area (Å²) in [6.45, 7) is 12.9. The highest BCUT2D eigenvalue weighted by molar-refractivity contribution is 5.96. The number of Topliss-reactive ketones (excluding diaryl/α,β-unsaturated/α-hetero) is 1. The second-order valence-corrected chi connectivity index (χ2v) is 11.4. The molecule has 2 heterocycles. The van der Waals surface area contributed by atoms with Crippen molar-refractivity contribution in [1.29, 1.82) is 0 Å². The first-order valence-electron chi connectivity index (χ1n) is 14.0. The lowest BCUT2D eigenvalue weighted by molar-refractivity contribution is -0.243. The summed E-state index contributed by atoms with van der Waals surface area (Å²) in [5, 5.41) is 28.9. The minimum Gasteiger partial charge on any atom is -0.459 e. The Kier molecular flexibility index (Phi) is 14.6. The van der Waals surface area contributed by atoms with E-state index in [9.17, 15) is 19.8 Å². The molecule has 0 saturated carbocycles. The van der Waals surface area contributed by atoms with Crippen molar-refractivity contribution in [3.05, 3.63) is 11.6 Å². The molecule has 9 unspecified atom stereocenters. The topological polar surface area (TPSA) is 126 Å². The van der Waals surface area contributed by atoms with Crippen molar-refractivity contribution in [2.24, 2.45) is 23.7 Å². The predicted octanol–water partition coefficient (Wildman–Crippen LogP) is 2.94. The third-order valence-electron chi connectivity index (χ3n) is 8.03. The van der Waals surface area contributed by atoms with Crippen molar-refractivity contribution < 1.29 is 39.1 Å². The van der Waals surface area contributed by atoms with Gasteiger partial charge in [-0.3, -0.25) is 9.59 Å². The van der Waals surface area contributed by atoms with Gasteiger partial charge in [0, 0.05) is 31.4 Å². The van der Waals surface area contributed by atoms with E-state index in [0.29, 0.717) is 30.9 Å². The zero-order valence-electron chi connectivity index (χ0n) is 25.1. The molecule has 0 aromatic rings. The van der Waals surface area contributed by atoms with Crippen LogP contribution < -0.4 is 0 Å². The minimum atomic E-state index is -1.09. The van der Waals surface area contributed by atoms with Gasteiger partial charge in [0.1, 0.15) is 12.2 Å². The number of hydrogen-bond acceptors (Lipinski definition) is 9. The summed E-state index contributed by atoms with van der Waals surface area (Å²) in [6.07, 6.45) is 0.235. The number of aliphatic hydroxyl groups excluding tert-OH is 3. The van der Waals surface area contributed by atoms with Crippen LogP contribution in [-0.2, 0) is 23.8 Å². The van der Waals surface area contributed by atoms with Gasteiger partial charge in [-0.2, -0.15) is 0 Å². The molecule has 0 aliphatic carbocycles. The van der Waals surface area contributed by atoms with Gasteiger partial charge in [-0.15, -0.1) is 0 Å². The molecule has 1 saturated heterocycles. The number of cyclic esters (lactones) is 1. The molecule has 0 radical (unpaired) electrons. The third-order valence-corrected chi connectivity index (χ3v) is 8.03. The van der Waals surface area contributed by atoms with E-state index >= 15 is 0 Å². The van der Waals surface area contributed by atoms with E-state index in [2.05, 4.69) is 4.90 Å². The van der Waals surface area contributed by atoms with Crippen LogP contribution in [0.4, 0.5) is 0 Å². The second-order valence-electron chi connectivity index (χ2n) is 11.4. The van der Waals surface area contributed by atoms with Gasteiger partial charge < -0.3 is 34.4 Å². The lowest BCUT2D eigenvalue weighted by atomic mass is 9.79. The molecule has 222 valence electrons. The molecule has 3 N–H and O–H groups in total. The van der Waals surface area contributed by atoms with Gasteiger partial charge >= 0.3 is 5.97 Å². The first-order chi connectivity index (χ1) is 17.8. The van der Waals surface area contributed by atoms with Gasteiger partial charge in [0.25, 0.3) is 0 Å². The molecule has 2 aliphatic rings. The molecule has 0 aromatic heterocycles. The standard InChI is InChI=1S/C28H49NO7.CH4O/c1-10-23-22(30)12-16(3)25(31)15(2)11-17(4)27(19(6)26(32)20(7)28(33)35-23)36-24-14-21(29(8)9)13-18(5)34-24;1-2/h12,15,17-24,26-27,30,32H,10-11,13-14H2,1-9H3;2H,1H3/b16-12+;/t15-,17?,18?,19?,20?,21?,22?,23?,24?,26?,27+;/m1./s1. The van der Waals surface area contributed by atoms with Crippen molar-refractivity contribution >= 4 is 11.8 Å². The highest BCUT2D eigenvalue weighted by Crippen LogP contribution is 2.33. The average molecular weight is 544 g/mol. The van der Waals surface area contributed by atoms with Crippen LogP contribution in [0.2, 0.25) is 0 Å².